The number of ether oxygens (including phenoxy) is 2. The van der Waals surface area contributed by atoms with E-state index in [-0.39, 0.29) is 38.1 Å². The molecule has 0 aliphatic rings. The van der Waals surface area contributed by atoms with Crippen LogP contribution in [0.1, 0.15) is 12.5 Å². The molecule has 0 bridgehead atoms. The van der Waals surface area contributed by atoms with Crippen molar-refractivity contribution in [3.8, 4) is 0 Å². The Kier molecular flexibility index (Phi) is 8.48. The van der Waals surface area contributed by atoms with E-state index in [1.54, 1.807) is 14.2 Å². The van der Waals surface area contributed by atoms with Crippen molar-refractivity contribution in [1.82, 2.24) is 0 Å². The number of hydrogen-bond donors (Lipinski definition) is 0. The Labute approximate surface area is 124 Å². The SMILES string of the molecule is COCC(C)(COC)Cc1cc[c-]cc1.[Y]. The minimum absolute atomic E-state index is 0. The van der Waals surface area contributed by atoms with Gasteiger partial charge in [0.15, 0.2) is 0 Å². The van der Waals surface area contributed by atoms with E-state index in [4.69, 9.17) is 9.47 Å². The van der Waals surface area contributed by atoms with Gasteiger partial charge in [-0.2, -0.15) is 35.9 Å². The maximum absolute atomic E-state index is 5.24. The van der Waals surface area contributed by atoms with Crippen LogP contribution in [-0.4, -0.2) is 27.4 Å². The molecular weight excluding hydrogens is 277 g/mol. The summed E-state index contributed by atoms with van der Waals surface area (Å²) in [4.78, 5) is 0. The molecule has 0 saturated carbocycles. The monoisotopic (exact) mass is 296 g/mol. The average molecular weight is 296 g/mol. The smallest absolute Gasteiger partial charge is 0.0540 e. The predicted octanol–water partition coefficient (Wildman–Crippen LogP) is 2.33. The summed E-state index contributed by atoms with van der Waals surface area (Å²) >= 11 is 0. The Morgan fingerprint density at radius 3 is 2.06 bits per heavy atom. The van der Waals surface area contributed by atoms with Crippen molar-refractivity contribution in [1.29, 1.82) is 0 Å². The van der Waals surface area contributed by atoms with Gasteiger partial charge in [0, 0.05) is 52.3 Å². The average Bonchev–Trinajstić information content (AvgIpc) is 2.19. The third kappa shape index (κ3) is 5.54. The van der Waals surface area contributed by atoms with Crippen molar-refractivity contribution >= 4 is 0 Å². The minimum atomic E-state index is 0. The van der Waals surface area contributed by atoms with Gasteiger partial charge in [-0.3, -0.25) is 0 Å². The van der Waals surface area contributed by atoms with Crippen LogP contribution in [-0.2, 0) is 48.6 Å². The van der Waals surface area contributed by atoms with Gasteiger partial charge in [-0.15, -0.1) is 0 Å². The van der Waals surface area contributed by atoms with Crippen molar-refractivity contribution in [2.45, 2.75) is 13.3 Å². The van der Waals surface area contributed by atoms with Crippen LogP contribution in [0.25, 0.3) is 0 Å². The molecule has 0 N–H and O–H groups in total. The van der Waals surface area contributed by atoms with Crippen LogP contribution in [0.4, 0.5) is 0 Å². The summed E-state index contributed by atoms with van der Waals surface area (Å²) in [6.45, 7) is 3.59. The van der Waals surface area contributed by atoms with Crippen LogP contribution in [0.5, 0.6) is 0 Å². The summed E-state index contributed by atoms with van der Waals surface area (Å²) in [5, 5.41) is 0. The fourth-order valence-corrected chi connectivity index (χ4v) is 1.87. The second-order valence-electron chi connectivity index (χ2n) is 4.26. The zero-order valence-corrected chi connectivity index (χ0v) is 13.2. The third-order valence-corrected chi connectivity index (χ3v) is 2.40. The third-order valence-electron chi connectivity index (χ3n) is 2.40. The zero-order chi connectivity index (χ0) is 11.1. The molecular formula is C13H19O2Y-. The van der Waals surface area contributed by atoms with E-state index < -0.39 is 0 Å². The number of hydrogen-bond acceptors (Lipinski definition) is 2. The van der Waals surface area contributed by atoms with Crippen molar-refractivity contribution in [2.24, 2.45) is 5.41 Å². The maximum atomic E-state index is 5.24. The summed E-state index contributed by atoms with van der Waals surface area (Å²) in [6.07, 6.45) is 0.962. The fraction of sp³-hybridized carbons (Fsp3) is 0.538. The first-order valence-corrected chi connectivity index (χ1v) is 5.13. The second-order valence-corrected chi connectivity index (χ2v) is 4.26. The molecule has 0 aliphatic heterocycles. The Hall–Kier alpha value is 0.244. The van der Waals surface area contributed by atoms with Crippen LogP contribution in [0.3, 0.4) is 0 Å². The van der Waals surface area contributed by atoms with Crippen molar-refractivity contribution in [2.75, 3.05) is 27.4 Å². The standard InChI is InChI=1S/C13H19O2.Y/c1-13(10-14-2,11-15-3)9-12-7-5-4-6-8-12;/h5-8H,9-11H2,1-3H3;/q-1;. The van der Waals surface area contributed by atoms with Crippen LogP contribution in [0, 0.1) is 11.5 Å². The van der Waals surface area contributed by atoms with Gasteiger partial charge in [0.2, 0.25) is 0 Å². The number of methoxy groups -OCH3 is 2. The predicted molar refractivity (Wildman–Crippen MR) is 60.8 cm³/mol. The molecule has 1 rings (SSSR count). The van der Waals surface area contributed by atoms with E-state index in [0.717, 1.165) is 6.42 Å². The topological polar surface area (TPSA) is 18.5 Å². The zero-order valence-electron chi connectivity index (χ0n) is 10.3. The molecule has 16 heavy (non-hydrogen) atoms. The molecule has 0 heterocycles. The van der Waals surface area contributed by atoms with E-state index in [2.05, 4.69) is 25.1 Å². The Morgan fingerprint density at radius 1 is 1.12 bits per heavy atom. The number of rotatable bonds is 6. The van der Waals surface area contributed by atoms with Crippen molar-refractivity contribution in [3.63, 3.8) is 0 Å². The van der Waals surface area contributed by atoms with Crippen LogP contribution in [0.2, 0.25) is 0 Å². The molecule has 2 nitrogen and oxygen atoms in total. The fourth-order valence-electron chi connectivity index (χ4n) is 1.87. The van der Waals surface area contributed by atoms with E-state index in [1.165, 1.54) is 5.56 Å². The van der Waals surface area contributed by atoms with Gasteiger partial charge in [-0.25, -0.2) is 0 Å². The van der Waals surface area contributed by atoms with Crippen LogP contribution in [0.15, 0.2) is 24.3 Å². The summed E-state index contributed by atoms with van der Waals surface area (Å²) in [5.41, 5.74) is 1.34. The number of benzene rings is 1. The van der Waals surface area contributed by atoms with Crippen molar-refractivity contribution in [3.05, 3.63) is 35.9 Å². The van der Waals surface area contributed by atoms with Gasteiger partial charge in [0.05, 0.1) is 13.2 Å². The molecule has 0 atom stereocenters. The minimum Gasteiger partial charge on any atom is -0.384 e. The molecule has 0 spiro atoms. The van der Waals surface area contributed by atoms with E-state index in [0.29, 0.717) is 13.2 Å². The molecule has 0 saturated heterocycles. The van der Waals surface area contributed by atoms with Gasteiger partial charge in [0.25, 0.3) is 0 Å². The first-order chi connectivity index (χ1) is 7.20. The Morgan fingerprint density at radius 2 is 1.62 bits per heavy atom. The van der Waals surface area contributed by atoms with Crippen LogP contribution < -0.4 is 0 Å². The quantitative estimate of drug-likeness (QED) is 0.750. The van der Waals surface area contributed by atoms with Gasteiger partial charge in [0.1, 0.15) is 0 Å². The summed E-state index contributed by atoms with van der Waals surface area (Å²) < 4.78 is 10.5. The molecule has 87 valence electrons. The summed E-state index contributed by atoms with van der Waals surface area (Å²) in [6, 6.07) is 11.1. The molecule has 0 amide bonds. The molecule has 0 fully saturated rings. The molecule has 0 unspecified atom stereocenters. The molecule has 0 aromatic heterocycles. The maximum Gasteiger partial charge on any atom is 0.0540 e. The molecule has 0 aliphatic carbocycles. The van der Waals surface area contributed by atoms with E-state index in [1.807, 2.05) is 12.1 Å². The largest absolute Gasteiger partial charge is 0.384 e. The van der Waals surface area contributed by atoms with Crippen molar-refractivity contribution < 1.29 is 42.2 Å². The summed E-state index contributed by atoms with van der Waals surface area (Å²) in [5.74, 6) is 0. The Bertz CT molecular complexity index is 269. The van der Waals surface area contributed by atoms with Gasteiger partial charge >= 0.3 is 0 Å². The molecule has 1 aromatic rings. The van der Waals surface area contributed by atoms with E-state index >= 15 is 0 Å². The van der Waals surface area contributed by atoms with E-state index in [9.17, 15) is 0 Å². The van der Waals surface area contributed by atoms with Gasteiger partial charge in [-0.05, 0) is 6.42 Å². The van der Waals surface area contributed by atoms with Crippen LogP contribution >= 0.6 is 0 Å². The second kappa shape index (κ2) is 8.35. The van der Waals surface area contributed by atoms with Gasteiger partial charge in [-0.1, -0.05) is 6.92 Å². The molecule has 3 heteroatoms. The molecule has 1 aromatic carbocycles. The Balaban J connectivity index is 0.00000225. The normalized spacial score (nSPS) is 10.9. The van der Waals surface area contributed by atoms with Gasteiger partial charge < -0.3 is 9.47 Å². The summed E-state index contributed by atoms with van der Waals surface area (Å²) in [7, 11) is 3.46. The first kappa shape index (κ1) is 16.2. The molecule has 1 radical (unpaired) electrons. The first-order valence-electron chi connectivity index (χ1n) is 5.13.